The predicted octanol–water partition coefficient (Wildman–Crippen LogP) is 3.86. The van der Waals surface area contributed by atoms with E-state index in [9.17, 15) is 0 Å². The van der Waals surface area contributed by atoms with Gasteiger partial charge >= 0.3 is 0 Å². The van der Waals surface area contributed by atoms with Gasteiger partial charge in [0.05, 0.1) is 0 Å². The number of rotatable bonds is 2. The van der Waals surface area contributed by atoms with Gasteiger partial charge in [-0.3, -0.25) is 0 Å². The monoisotopic (exact) mass is 154 g/mol. The minimum absolute atomic E-state index is 0.999. The van der Waals surface area contributed by atoms with Gasteiger partial charge < -0.3 is 0 Å². The topological polar surface area (TPSA) is 0 Å². The van der Waals surface area contributed by atoms with Crippen LogP contribution in [0.5, 0.6) is 0 Å². The molecule has 1 rings (SSSR count). The van der Waals surface area contributed by atoms with Crippen LogP contribution in [0.4, 0.5) is 0 Å². The Labute approximate surface area is 71.4 Å². The molecule has 0 heterocycles. The van der Waals surface area contributed by atoms with E-state index in [4.69, 9.17) is 0 Å². The largest absolute Gasteiger partial charge is 0.0651 e. The first-order chi connectivity index (χ1) is 5.29. The molecular formula is C11H22. The Bertz CT molecular complexity index is 94.6. The fourth-order valence-corrected chi connectivity index (χ4v) is 2.70. The lowest BCUT2D eigenvalue weighted by atomic mass is 9.71. The third kappa shape index (κ3) is 1.98. The van der Waals surface area contributed by atoms with Gasteiger partial charge in [0.2, 0.25) is 0 Å². The summed E-state index contributed by atoms with van der Waals surface area (Å²) in [5.74, 6) is 3.07. The SMILES string of the molecule is CC[C@@H]1CCC[C@H](CC)C1C. The Morgan fingerprint density at radius 3 is 1.82 bits per heavy atom. The van der Waals surface area contributed by atoms with E-state index in [1.165, 1.54) is 32.1 Å². The predicted molar refractivity (Wildman–Crippen MR) is 50.6 cm³/mol. The van der Waals surface area contributed by atoms with Crippen molar-refractivity contribution in [2.75, 3.05) is 0 Å². The minimum atomic E-state index is 0.999. The Kier molecular flexibility index (Phi) is 3.42. The summed E-state index contributed by atoms with van der Waals surface area (Å²) in [6.07, 6.45) is 7.28. The van der Waals surface area contributed by atoms with Gasteiger partial charge in [0.15, 0.2) is 0 Å². The highest BCUT2D eigenvalue weighted by atomic mass is 14.3. The molecule has 0 aromatic heterocycles. The van der Waals surface area contributed by atoms with Crippen molar-refractivity contribution in [2.45, 2.75) is 52.9 Å². The fourth-order valence-electron chi connectivity index (χ4n) is 2.70. The van der Waals surface area contributed by atoms with Crippen LogP contribution in [0.2, 0.25) is 0 Å². The average molecular weight is 154 g/mol. The van der Waals surface area contributed by atoms with Crippen LogP contribution >= 0.6 is 0 Å². The van der Waals surface area contributed by atoms with E-state index >= 15 is 0 Å². The van der Waals surface area contributed by atoms with Gasteiger partial charge in [0.1, 0.15) is 0 Å². The second-order valence-electron chi connectivity index (χ2n) is 4.13. The lowest BCUT2D eigenvalue weighted by Gasteiger charge is -2.35. The first-order valence-corrected chi connectivity index (χ1v) is 5.29. The van der Waals surface area contributed by atoms with Crippen LogP contribution in [-0.4, -0.2) is 0 Å². The number of hydrogen-bond acceptors (Lipinski definition) is 0. The molecule has 1 fully saturated rings. The third-order valence-electron chi connectivity index (χ3n) is 3.69. The second kappa shape index (κ2) is 4.13. The van der Waals surface area contributed by atoms with E-state index in [-0.39, 0.29) is 0 Å². The summed E-state index contributed by atoms with van der Waals surface area (Å²) in [6.45, 7) is 7.15. The van der Waals surface area contributed by atoms with Crippen LogP contribution in [0, 0.1) is 17.8 Å². The maximum Gasteiger partial charge on any atom is -0.0386 e. The molecule has 0 spiro atoms. The number of hydrogen-bond donors (Lipinski definition) is 0. The standard InChI is InChI=1S/C11H22/c1-4-10-7-6-8-11(5-2)9(10)3/h9-11H,4-8H2,1-3H3/t9?,10-,11+. The van der Waals surface area contributed by atoms with Crippen LogP contribution in [-0.2, 0) is 0 Å². The highest BCUT2D eigenvalue weighted by Crippen LogP contribution is 2.37. The highest BCUT2D eigenvalue weighted by Gasteiger charge is 2.26. The Hall–Kier alpha value is 0. The van der Waals surface area contributed by atoms with E-state index in [2.05, 4.69) is 20.8 Å². The molecule has 1 saturated carbocycles. The first kappa shape index (κ1) is 9.09. The zero-order valence-electron chi connectivity index (χ0n) is 8.27. The molecule has 1 unspecified atom stereocenters. The van der Waals surface area contributed by atoms with Gasteiger partial charge in [-0.15, -0.1) is 0 Å². The van der Waals surface area contributed by atoms with Gasteiger partial charge in [0, 0.05) is 0 Å². The summed E-state index contributed by atoms with van der Waals surface area (Å²) < 4.78 is 0. The lowest BCUT2D eigenvalue weighted by molar-refractivity contribution is 0.160. The van der Waals surface area contributed by atoms with E-state index in [0.29, 0.717) is 0 Å². The lowest BCUT2D eigenvalue weighted by Crippen LogP contribution is -2.24. The van der Waals surface area contributed by atoms with Crippen LogP contribution in [0.25, 0.3) is 0 Å². The Balaban J connectivity index is 2.45. The molecule has 1 aliphatic rings. The third-order valence-corrected chi connectivity index (χ3v) is 3.69. The molecule has 0 saturated heterocycles. The van der Waals surface area contributed by atoms with Gasteiger partial charge in [-0.25, -0.2) is 0 Å². The molecule has 0 aromatic carbocycles. The summed E-state index contributed by atoms with van der Waals surface area (Å²) in [6, 6.07) is 0. The van der Waals surface area contributed by atoms with Gasteiger partial charge in [-0.05, 0) is 17.8 Å². The molecule has 11 heavy (non-hydrogen) atoms. The van der Waals surface area contributed by atoms with Crippen LogP contribution in [0.15, 0.2) is 0 Å². The summed E-state index contributed by atoms with van der Waals surface area (Å²) in [4.78, 5) is 0. The first-order valence-electron chi connectivity index (χ1n) is 5.29. The van der Waals surface area contributed by atoms with Crippen molar-refractivity contribution >= 4 is 0 Å². The van der Waals surface area contributed by atoms with Gasteiger partial charge in [-0.2, -0.15) is 0 Å². The van der Waals surface area contributed by atoms with E-state index in [1.54, 1.807) is 0 Å². The second-order valence-corrected chi connectivity index (χ2v) is 4.13. The molecule has 1 aliphatic carbocycles. The fraction of sp³-hybridized carbons (Fsp3) is 1.00. The quantitative estimate of drug-likeness (QED) is 0.566. The van der Waals surface area contributed by atoms with Crippen LogP contribution in [0.3, 0.4) is 0 Å². The normalized spacial score (nSPS) is 39.0. The van der Waals surface area contributed by atoms with Crippen LogP contribution in [0.1, 0.15) is 52.9 Å². The molecule has 0 heteroatoms. The van der Waals surface area contributed by atoms with E-state index in [0.717, 1.165) is 17.8 Å². The van der Waals surface area contributed by atoms with Crippen molar-refractivity contribution in [2.24, 2.45) is 17.8 Å². The molecule has 0 aromatic rings. The Morgan fingerprint density at radius 1 is 1.00 bits per heavy atom. The molecular weight excluding hydrogens is 132 g/mol. The van der Waals surface area contributed by atoms with Crippen molar-refractivity contribution in [1.29, 1.82) is 0 Å². The molecule has 3 atom stereocenters. The maximum atomic E-state index is 2.46. The summed E-state index contributed by atoms with van der Waals surface area (Å²) in [5.41, 5.74) is 0. The molecule has 0 aliphatic heterocycles. The molecule has 0 bridgehead atoms. The summed E-state index contributed by atoms with van der Waals surface area (Å²) in [7, 11) is 0. The zero-order chi connectivity index (χ0) is 8.27. The smallest absolute Gasteiger partial charge is 0.0386 e. The van der Waals surface area contributed by atoms with Crippen molar-refractivity contribution in [3.63, 3.8) is 0 Å². The van der Waals surface area contributed by atoms with Crippen molar-refractivity contribution in [3.05, 3.63) is 0 Å². The van der Waals surface area contributed by atoms with Gasteiger partial charge in [0.25, 0.3) is 0 Å². The maximum absolute atomic E-state index is 2.46. The molecule has 0 N–H and O–H groups in total. The minimum Gasteiger partial charge on any atom is -0.0651 e. The van der Waals surface area contributed by atoms with Crippen LogP contribution < -0.4 is 0 Å². The molecule has 0 radical (unpaired) electrons. The van der Waals surface area contributed by atoms with Crippen molar-refractivity contribution < 1.29 is 0 Å². The summed E-state index contributed by atoms with van der Waals surface area (Å²) in [5, 5.41) is 0. The van der Waals surface area contributed by atoms with E-state index < -0.39 is 0 Å². The average Bonchev–Trinajstić information content (AvgIpc) is 2.05. The van der Waals surface area contributed by atoms with E-state index in [1.807, 2.05) is 0 Å². The zero-order valence-corrected chi connectivity index (χ0v) is 8.27. The molecule has 0 nitrogen and oxygen atoms in total. The van der Waals surface area contributed by atoms with Gasteiger partial charge in [-0.1, -0.05) is 52.9 Å². The highest BCUT2D eigenvalue weighted by molar-refractivity contribution is 4.77. The van der Waals surface area contributed by atoms with Crippen molar-refractivity contribution in [3.8, 4) is 0 Å². The summed E-state index contributed by atoms with van der Waals surface area (Å²) >= 11 is 0. The van der Waals surface area contributed by atoms with Crippen molar-refractivity contribution in [1.82, 2.24) is 0 Å². The molecule has 0 amide bonds. The molecule has 66 valence electrons. The Morgan fingerprint density at radius 2 is 1.45 bits per heavy atom.